The number of carbonyl (C=O) groups excluding carboxylic acids is 1. The van der Waals surface area contributed by atoms with Crippen LogP contribution in [0.2, 0.25) is 0 Å². The quantitative estimate of drug-likeness (QED) is 0.468. The van der Waals surface area contributed by atoms with Crippen LogP contribution in [0.5, 0.6) is 0 Å². The van der Waals surface area contributed by atoms with Crippen LogP contribution in [0, 0.1) is 0 Å². The Labute approximate surface area is 114 Å². The van der Waals surface area contributed by atoms with Gasteiger partial charge >= 0.3 is 0 Å². The molecule has 0 amide bonds. The van der Waals surface area contributed by atoms with E-state index in [2.05, 4.69) is 17.2 Å². The molecule has 0 aromatic heterocycles. The van der Waals surface area contributed by atoms with Crippen molar-refractivity contribution in [3.63, 3.8) is 0 Å². The van der Waals surface area contributed by atoms with E-state index >= 15 is 0 Å². The van der Waals surface area contributed by atoms with Crippen LogP contribution < -0.4 is 5.32 Å². The third kappa shape index (κ3) is 5.50. The standard InChI is InChI=1S/C13H24N2O2S/c1-2-3-4-5-6-13-15-12(10-18-13)11(9-17)14-7-8-16/h9,11-12,14,16H,2-8,10H2,1H3. The molecule has 0 aliphatic carbocycles. The van der Waals surface area contributed by atoms with E-state index in [1.54, 1.807) is 11.8 Å². The van der Waals surface area contributed by atoms with Crippen LogP contribution >= 0.6 is 11.8 Å². The van der Waals surface area contributed by atoms with Crippen molar-refractivity contribution >= 4 is 23.1 Å². The van der Waals surface area contributed by atoms with Crippen molar-refractivity contribution in [3.05, 3.63) is 0 Å². The SMILES string of the molecule is CCCCCCC1=NC(C(C=O)NCCO)CS1. The number of nitrogens with zero attached hydrogens (tertiary/aromatic N) is 1. The zero-order valence-electron chi connectivity index (χ0n) is 11.1. The molecule has 0 aromatic rings. The fourth-order valence-corrected chi connectivity index (χ4v) is 3.11. The summed E-state index contributed by atoms with van der Waals surface area (Å²) >= 11 is 1.77. The lowest BCUT2D eigenvalue weighted by Crippen LogP contribution is -2.41. The summed E-state index contributed by atoms with van der Waals surface area (Å²) in [6, 6.07) is -0.210. The predicted octanol–water partition coefficient (Wildman–Crippen LogP) is 1.62. The maximum atomic E-state index is 11.0. The Morgan fingerprint density at radius 2 is 2.39 bits per heavy atom. The average molecular weight is 272 g/mol. The number of rotatable bonds is 10. The van der Waals surface area contributed by atoms with Gasteiger partial charge in [-0.15, -0.1) is 11.8 Å². The lowest BCUT2D eigenvalue weighted by atomic mass is 10.1. The molecule has 2 unspecified atom stereocenters. The lowest BCUT2D eigenvalue weighted by Gasteiger charge is -2.15. The molecule has 1 rings (SSSR count). The molecule has 104 valence electrons. The fourth-order valence-electron chi connectivity index (χ4n) is 1.97. The van der Waals surface area contributed by atoms with Gasteiger partial charge in [0.15, 0.2) is 0 Å². The molecule has 2 atom stereocenters. The van der Waals surface area contributed by atoms with Crippen LogP contribution in [0.3, 0.4) is 0 Å². The average Bonchev–Trinajstić information content (AvgIpc) is 2.84. The smallest absolute Gasteiger partial charge is 0.139 e. The maximum Gasteiger partial charge on any atom is 0.139 e. The largest absolute Gasteiger partial charge is 0.395 e. The van der Waals surface area contributed by atoms with Gasteiger partial charge in [0.2, 0.25) is 0 Å². The lowest BCUT2D eigenvalue weighted by molar-refractivity contribution is -0.109. The minimum absolute atomic E-state index is 0.0419. The first kappa shape index (κ1) is 15.7. The van der Waals surface area contributed by atoms with Crippen molar-refractivity contribution in [3.8, 4) is 0 Å². The van der Waals surface area contributed by atoms with Crippen molar-refractivity contribution in [1.29, 1.82) is 0 Å². The maximum absolute atomic E-state index is 11.0. The number of aliphatic hydroxyl groups excluding tert-OH is 1. The molecule has 0 radical (unpaired) electrons. The second kappa shape index (κ2) is 9.53. The van der Waals surface area contributed by atoms with Gasteiger partial charge in [0, 0.05) is 12.3 Å². The van der Waals surface area contributed by atoms with Crippen LogP contribution in [0.4, 0.5) is 0 Å². The molecule has 4 nitrogen and oxygen atoms in total. The summed E-state index contributed by atoms with van der Waals surface area (Å²) in [5.41, 5.74) is 0. The molecular formula is C13H24N2O2S. The van der Waals surface area contributed by atoms with Gasteiger partial charge in [-0.1, -0.05) is 26.2 Å². The van der Waals surface area contributed by atoms with Crippen molar-refractivity contribution in [1.82, 2.24) is 5.32 Å². The summed E-state index contributed by atoms with van der Waals surface area (Å²) in [5, 5.41) is 13.0. The molecule has 1 aliphatic rings. The number of carbonyl (C=O) groups is 1. The van der Waals surface area contributed by atoms with E-state index in [1.165, 1.54) is 30.7 Å². The number of hydrogen-bond donors (Lipinski definition) is 2. The van der Waals surface area contributed by atoms with Crippen LogP contribution in [-0.2, 0) is 4.79 Å². The van der Waals surface area contributed by atoms with Crippen LogP contribution in [0.15, 0.2) is 4.99 Å². The van der Waals surface area contributed by atoms with E-state index in [0.717, 1.165) is 18.5 Å². The number of thioether (sulfide) groups is 1. The van der Waals surface area contributed by atoms with Crippen LogP contribution in [0.25, 0.3) is 0 Å². The second-order valence-electron chi connectivity index (χ2n) is 4.55. The van der Waals surface area contributed by atoms with Crippen LogP contribution in [0.1, 0.15) is 39.0 Å². The Balaban J connectivity index is 2.31. The van der Waals surface area contributed by atoms with Gasteiger partial charge in [0.1, 0.15) is 6.29 Å². The Morgan fingerprint density at radius 1 is 1.56 bits per heavy atom. The van der Waals surface area contributed by atoms with Crippen molar-refractivity contribution < 1.29 is 9.90 Å². The molecule has 0 spiro atoms. The second-order valence-corrected chi connectivity index (χ2v) is 5.64. The summed E-state index contributed by atoms with van der Waals surface area (Å²) in [4.78, 5) is 15.6. The number of aliphatic hydroxyl groups is 1. The van der Waals surface area contributed by atoms with Crippen LogP contribution in [-0.4, -0.2) is 47.4 Å². The third-order valence-corrected chi connectivity index (χ3v) is 4.18. The molecule has 0 aromatic carbocycles. The third-order valence-electron chi connectivity index (χ3n) is 3.03. The van der Waals surface area contributed by atoms with E-state index in [9.17, 15) is 4.79 Å². The number of aliphatic imine (C=N–C) groups is 1. The number of aldehydes is 1. The van der Waals surface area contributed by atoms with Gasteiger partial charge < -0.3 is 15.2 Å². The molecule has 2 N–H and O–H groups in total. The highest BCUT2D eigenvalue weighted by Gasteiger charge is 2.25. The summed E-state index contributed by atoms with van der Waals surface area (Å²) in [5.74, 6) is 0.880. The Bertz CT molecular complexity index is 272. The van der Waals surface area contributed by atoms with Crippen molar-refractivity contribution in [2.24, 2.45) is 4.99 Å². The number of hydrogen-bond acceptors (Lipinski definition) is 5. The normalized spacial score (nSPS) is 20.8. The zero-order valence-corrected chi connectivity index (χ0v) is 11.9. The fraction of sp³-hybridized carbons (Fsp3) is 0.846. The Hall–Kier alpha value is -0.390. The topological polar surface area (TPSA) is 61.7 Å². The summed E-state index contributed by atoms with van der Waals surface area (Å²) in [6.45, 7) is 2.71. The van der Waals surface area contributed by atoms with E-state index < -0.39 is 0 Å². The van der Waals surface area contributed by atoms with Gasteiger partial charge in [-0.25, -0.2) is 0 Å². The molecular weight excluding hydrogens is 248 g/mol. The first-order chi connectivity index (χ1) is 8.81. The van der Waals surface area contributed by atoms with Gasteiger partial charge in [-0.2, -0.15) is 0 Å². The molecule has 1 heterocycles. The van der Waals surface area contributed by atoms with Gasteiger partial charge in [-0.05, 0) is 12.8 Å². The first-order valence-electron chi connectivity index (χ1n) is 6.80. The highest BCUT2D eigenvalue weighted by atomic mass is 32.2. The van der Waals surface area contributed by atoms with Gasteiger partial charge in [0.05, 0.1) is 23.7 Å². The number of nitrogens with one attached hydrogen (secondary N) is 1. The summed E-state index contributed by atoms with van der Waals surface area (Å²) in [7, 11) is 0. The molecule has 0 saturated carbocycles. The Kier molecular flexibility index (Phi) is 8.29. The van der Waals surface area contributed by atoms with E-state index in [0.29, 0.717) is 6.54 Å². The molecule has 0 saturated heterocycles. The zero-order chi connectivity index (χ0) is 13.2. The molecule has 0 bridgehead atoms. The summed E-state index contributed by atoms with van der Waals surface area (Å²) in [6.07, 6.45) is 6.96. The van der Waals surface area contributed by atoms with Crippen molar-refractivity contribution in [2.75, 3.05) is 18.9 Å². The molecule has 5 heteroatoms. The summed E-state index contributed by atoms with van der Waals surface area (Å²) < 4.78 is 0. The van der Waals surface area contributed by atoms with Gasteiger partial charge in [0.25, 0.3) is 0 Å². The van der Waals surface area contributed by atoms with Crippen molar-refractivity contribution in [2.45, 2.75) is 51.1 Å². The molecule has 18 heavy (non-hydrogen) atoms. The molecule has 0 fully saturated rings. The highest BCUT2D eigenvalue weighted by molar-refractivity contribution is 8.14. The Morgan fingerprint density at radius 3 is 3.06 bits per heavy atom. The van der Waals surface area contributed by atoms with Gasteiger partial charge in [-0.3, -0.25) is 4.99 Å². The monoisotopic (exact) mass is 272 g/mol. The first-order valence-corrected chi connectivity index (χ1v) is 7.79. The minimum atomic E-state index is -0.252. The highest BCUT2D eigenvalue weighted by Crippen LogP contribution is 2.23. The molecule has 1 aliphatic heterocycles. The predicted molar refractivity (Wildman–Crippen MR) is 77.4 cm³/mol. The number of unbranched alkanes of at least 4 members (excludes halogenated alkanes) is 3. The van der Waals surface area contributed by atoms with E-state index in [1.807, 2.05) is 0 Å². The van der Waals surface area contributed by atoms with E-state index in [-0.39, 0.29) is 18.7 Å². The minimum Gasteiger partial charge on any atom is -0.395 e. The van der Waals surface area contributed by atoms with E-state index in [4.69, 9.17) is 5.11 Å².